The van der Waals surface area contributed by atoms with E-state index in [2.05, 4.69) is 49.5 Å². The molecule has 0 aliphatic heterocycles. The minimum Gasteiger partial charge on any atom is -0.319 e. The zero-order valence-corrected chi connectivity index (χ0v) is 13.9. The molecule has 1 nitrogen and oxygen atoms in total. The van der Waals surface area contributed by atoms with Crippen LogP contribution in [0.25, 0.3) is 0 Å². The lowest BCUT2D eigenvalue weighted by atomic mass is 9.90. The van der Waals surface area contributed by atoms with Crippen molar-refractivity contribution < 1.29 is 0 Å². The average molecular weight is 302 g/mol. The summed E-state index contributed by atoms with van der Waals surface area (Å²) < 4.78 is 0. The molecule has 2 rings (SSSR count). The lowest BCUT2D eigenvalue weighted by Gasteiger charge is -2.18. The van der Waals surface area contributed by atoms with Gasteiger partial charge in [-0.1, -0.05) is 47.5 Å². The van der Waals surface area contributed by atoms with Gasteiger partial charge in [0.25, 0.3) is 0 Å². The van der Waals surface area contributed by atoms with E-state index in [4.69, 9.17) is 11.6 Å². The summed E-state index contributed by atoms with van der Waals surface area (Å²) in [4.78, 5) is 0. The van der Waals surface area contributed by atoms with Crippen LogP contribution < -0.4 is 5.32 Å². The van der Waals surface area contributed by atoms with Crippen LogP contribution in [0.5, 0.6) is 0 Å². The van der Waals surface area contributed by atoms with Crippen LogP contribution in [-0.4, -0.2) is 13.6 Å². The molecule has 2 aromatic carbocycles. The van der Waals surface area contributed by atoms with Gasteiger partial charge >= 0.3 is 0 Å². The van der Waals surface area contributed by atoms with Gasteiger partial charge in [0.1, 0.15) is 0 Å². The average Bonchev–Trinajstić information content (AvgIpc) is 2.43. The fourth-order valence-corrected chi connectivity index (χ4v) is 3.05. The Hall–Kier alpha value is -1.31. The minimum atomic E-state index is 0.578. The normalized spacial score (nSPS) is 12.4. The number of halogens is 1. The quantitative estimate of drug-likeness (QED) is 0.823. The van der Waals surface area contributed by atoms with Crippen molar-refractivity contribution in [3.8, 4) is 0 Å². The van der Waals surface area contributed by atoms with Crippen LogP contribution in [0.3, 0.4) is 0 Å². The van der Waals surface area contributed by atoms with E-state index in [1.807, 2.05) is 19.2 Å². The van der Waals surface area contributed by atoms with Gasteiger partial charge in [-0.05, 0) is 75.0 Å². The number of hydrogen-bond acceptors (Lipinski definition) is 1. The molecule has 1 unspecified atom stereocenters. The number of rotatable bonds is 6. The predicted octanol–water partition coefficient (Wildman–Crippen LogP) is 4.58. The Bertz CT molecular complexity index is 592. The Kier molecular flexibility index (Phi) is 5.84. The molecule has 0 bridgehead atoms. The van der Waals surface area contributed by atoms with Gasteiger partial charge in [0, 0.05) is 5.02 Å². The Balaban J connectivity index is 2.13. The lowest BCUT2D eigenvalue weighted by molar-refractivity contribution is 0.492. The first kappa shape index (κ1) is 16.1. The summed E-state index contributed by atoms with van der Waals surface area (Å²) in [7, 11) is 2.02. The third-order valence-electron chi connectivity index (χ3n) is 3.92. The first-order valence-electron chi connectivity index (χ1n) is 7.53. The molecule has 0 aliphatic carbocycles. The van der Waals surface area contributed by atoms with Gasteiger partial charge in [-0.15, -0.1) is 0 Å². The summed E-state index contributed by atoms with van der Waals surface area (Å²) >= 11 is 6.10. The monoisotopic (exact) mass is 301 g/mol. The number of benzene rings is 2. The number of aryl methyl sites for hydroxylation is 2. The second kappa shape index (κ2) is 7.63. The van der Waals surface area contributed by atoms with Gasteiger partial charge in [0.2, 0.25) is 0 Å². The molecule has 0 aromatic heterocycles. The summed E-state index contributed by atoms with van der Waals surface area (Å²) in [5, 5.41) is 4.15. The molecule has 1 atom stereocenters. The highest BCUT2D eigenvalue weighted by atomic mass is 35.5. The second-order valence-corrected chi connectivity index (χ2v) is 6.33. The SMILES string of the molecule is CNCC(Cc1cccc(Cl)c1)Cc1cc(C)ccc1C. The van der Waals surface area contributed by atoms with Crippen LogP contribution in [0.1, 0.15) is 22.3 Å². The highest BCUT2D eigenvalue weighted by Gasteiger charge is 2.12. The first-order valence-corrected chi connectivity index (χ1v) is 7.91. The maximum Gasteiger partial charge on any atom is 0.0408 e. The number of nitrogens with one attached hydrogen (secondary N) is 1. The van der Waals surface area contributed by atoms with Gasteiger partial charge in [0.15, 0.2) is 0 Å². The summed E-state index contributed by atoms with van der Waals surface area (Å²) in [5.41, 5.74) is 5.49. The van der Waals surface area contributed by atoms with Crippen LogP contribution in [0.15, 0.2) is 42.5 Å². The highest BCUT2D eigenvalue weighted by Crippen LogP contribution is 2.20. The second-order valence-electron chi connectivity index (χ2n) is 5.89. The summed E-state index contributed by atoms with van der Waals surface area (Å²) in [5.74, 6) is 0.578. The van der Waals surface area contributed by atoms with E-state index in [0.717, 1.165) is 24.4 Å². The largest absolute Gasteiger partial charge is 0.319 e. The van der Waals surface area contributed by atoms with Gasteiger partial charge in [-0.25, -0.2) is 0 Å². The fraction of sp³-hybridized carbons (Fsp3) is 0.368. The molecule has 2 heteroatoms. The van der Waals surface area contributed by atoms with E-state index in [-0.39, 0.29) is 0 Å². The molecule has 0 radical (unpaired) electrons. The molecule has 0 spiro atoms. The van der Waals surface area contributed by atoms with E-state index in [1.165, 1.54) is 22.3 Å². The van der Waals surface area contributed by atoms with Crippen molar-refractivity contribution in [2.24, 2.45) is 5.92 Å². The minimum absolute atomic E-state index is 0.578. The predicted molar refractivity (Wildman–Crippen MR) is 92.2 cm³/mol. The Morgan fingerprint density at radius 3 is 2.57 bits per heavy atom. The van der Waals surface area contributed by atoms with Gasteiger partial charge in [-0.2, -0.15) is 0 Å². The third kappa shape index (κ3) is 4.87. The highest BCUT2D eigenvalue weighted by molar-refractivity contribution is 6.30. The van der Waals surface area contributed by atoms with Crippen molar-refractivity contribution in [2.75, 3.05) is 13.6 Å². The molecular formula is C19H24ClN. The molecule has 0 saturated carbocycles. The van der Waals surface area contributed by atoms with E-state index < -0.39 is 0 Å². The molecule has 0 amide bonds. The molecular weight excluding hydrogens is 278 g/mol. The van der Waals surface area contributed by atoms with E-state index >= 15 is 0 Å². The molecule has 0 fully saturated rings. The van der Waals surface area contributed by atoms with E-state index in [0.29, 0.717) is 5.92 Å². The van der Waals surface area contributed by atoms with Gasteiger partial charge < -0.3 is 5.32 Å². The van der Waals surface area contributed by atoms with Crippen LogP contribution in [0.2, 0.25) is 5.02 Å². The Morgan fingerprint density at radius 2 is 1.86 bits per heavy atom. The van der Waals surface area contributed by atoms with Crippen molar-refractivity contribution in [1.29, 1.82) is 0 Å². The first-order chi connectivity index (χ1) is 10.1. The summed E-state index contributed by atoms with van der Waals surface area (Å²) in [6.45, 7) is 5.37. The topological polar surface area (TPSA) is 12.0 Å². The molecule has 112 valence electrons. The lowest BCUT2D eigenvalue weighted by Crippen LogP contribution is -2.23. The van der Waals surface area contributed by atoms with Crippen molar-refractivity contribution in [2.45, 2.75) is 26.7 Å². The summed E-state index contributed by atoms with van der Waals surface area (Å²) in [6.07, 6.45) is 2.15. The maximum atomic E-state index is 6.10. The fourth-order valence-electron chi connectivity index (χ4n) is 2.83. The van der Waals surface area contributed by atoms with Crippen LogP contribution >= 0.6 is 11.6 Å². The standard InChI is InChI=1S/C19H24ClN/c1-14-7-8-15(2)18(9-14)11-17(13-21-3)10-16-5-4-6-19(20)12-16/h4-9,12,17,21H,10-11,13H2,1-3H3. The van der Waals surface area contributed by atoms with Crippen molar-refractivity contribution in [3.05, 3.63) is 69.7 Å². The number of hydrogen-bond donors (Lipinski definition) is 1. The Morgan fingerprint density at radius 1 is 1.05 bits per heavy atom. The molecule has 0 aliphatic rings. The van der Waals surface area contributed by atoms with Crippen molar-refractivity contribution >= 4 is 11.6 Å². The molecule has 21 heavy (non-hydrogen) atoms. The van der Waals surface area contributed by atoms with Crippen LogP contribution in [-0.2, 0) is 12.8 Å². The van der Waals surface area contributed by atoms with E-state index in [1.54, 1.807) is 0 Å². The zero-order valence-electron chi connectivity index (χ0n) is 13.1. The summed E-state index contributed by atoms with van der Waals surface area (Å²) in [6, 6.07) is 14.9. The molecule has 1 N–H and O–H groups in total. The van der Waals surface area contributed by atoms with Gasteiger partial charge in [-0.3, -0.25) is 0 Å². The zero-order chi connectivity index (χ0) is 15.2. The van der Waals surface area contributed by atoms with Crippen molar-refractivity contribution in [1.82, 2.24) is 5.32 Å². The smallest absolute Gasteiger partial charge is 0.0408 e. The van der Waals surface area contributed by atoms with Crippen LogP contribution in [0.4, 0.5) is 0 Å². The third-order valence-corrected chi connectivity index (χ3v) is 4.15. The van der Waals surface area contributed by atoms with Crippen LogP contribution in [0, 0.1) is 19.8 Å². The Labute approximate surface area is 133 Å². The van der Waals surface area contributed by atoms with Crippen molar-refractivity contribution in [3.63, 3.8) is 0 Å². The molecule has 0 saturated heterocycles. The maximum absolute atomic E-state index is 6.10. The molecule has 0 heterocycles. The van der Waals surface area contributed by atoms with Gasteiger partial charge in [0.05, 0.1) is 0 Å². The molecule has 2 aromatic rings. The van der Waals surface area contributed by atoms with E-state index in [9.17, 15) is 0 Å².